The van der Waals surface area contributed by atoms with E-state index in [1.54, 1.807) is 121 Å². The monoisotopic (exact) mass is 951 g/mol. The van der Waals surface area contributed by atoms with E-state index < -0.39 is 70.1 Å². The predicted octanol–water partition coefficient (Wildman–Crippen LogP) is 9.15. The van der Waals surface area contributed by atoms with Crippen LogP contribution >= 0.6 is 15.9 Å². The van der Waals surface area contributed by atoms with Crippen molar-refractivity contribution < 1.29 is 38.1 Å². The fourth-order valence-electron chi connectivity index (χ4n) is 10.5. The summed E-state index contributed by atoms with van der Waals surface area (Å²) in [5, 5.41) is 39.8. The van der Waals surface area contributed by atoms with Crippen molar-refractivity contribution in [3.63, 3.8) is 0 Å². The van der Waals surface area contributed by atoms with Gasteiger partial charge in [0.1, 0.15) is 0 Å². The maximum absolute atomic E-state index is 15.8. The second-order valence-corrected chi connectivity index (χ2v) is 18.7. The highest BCUT2D eigenvalue weighted by Crippen LogP contribution is 2.71. The fraction of sp³-hybridized carbons (Fsp3) is 0.245. The molecule has 5 aromatic carbocycles. The van der Waals surface area contributed by atoms with Gasteiger partial charge in [-0.05, 0) is 107 Å². The molecule has 67 heavy (non-hydrogen) atoms. The van der Waals surface area contributed by atoms with E-state index in [4.69, 9.17) is 18.9 Å². The Balaban J connectivity index is 1.52. The number of nitriles is 4. The largest absolute Gasteiger partial charge is 0.422 e. The van der Waals surface area contributed by atoms with Crippen LogP contribution in [0, 0.1) is 56.2 Å². The van der Waals surface area contributed by atoms with Crippen LogP contribution in [-0.2, 0) is 38.1 Å². The van der Waals surface area contributed by atoms with E-state index in [1.165, 1.54) is 27.7 Å². The van der Waals surface area contributed by atoms with E-state index in [2.05, 4.69) is 40.2 Å². The molecule has 5 aromatic rings. The van der Waals surface area contributed by atoms with Crippen LogP contribution in [-0.4, -0.2) is 35.5 Å². The molecule has 13 nitrogen and oxygen atoms in total. The smallest absolute Gasteiger partial charge is 0.330 e. The Bertz CT molecular complexity index is 3000. The quantitative estimate of drug-likeness (QED) is 0.119. The molecule has 4 aliphatic rings. The number of allylic oxidation sites excluding steroid dienone is 2. The van der Waals surface area contributed by atoms with Crippen LogP contribution in [0.25, 0.3) is 0 Å². The highest BCUT2D eigenvalue weighted by Gasteiger charge is 2.75. The Labute approximate surface area is 394 Å². The zero-order valence-corrected chi connectivity index (χ0v) is 38.0. The van der Waals surface area contributed by atoms with Crippen LogP contribution in [0.1, 0.15) is 102 Å². The first-order valence-corrected chi connectivity index (χ1v) is 22.0. The molecule has 0 radical (unpaired) electrons. The molecule has 3 aliphatic heterocycles. The minimum Gasteiger partial charge on any atom is -0.422 e. The van der Waals surface area contributed by atoms with E-state index in [0.717, 1.165) is 0 Å². The predicted molar refractivity (Wildman–Crippen MR) is 241 cm³/mol. The summed E-state index contributed by atoms with van der Waals surface area (Å²) in [6.45, 7) is 5.77. The molecule has 14 heteroatoms. The zero-order valence-electron chi connectivity index (χ0n) is 36.4. The van der Waals surface area contributed by atoms with E-state index in [0.29, 0.717) is 49.2 Å². The van der Waals surface area contributed by atoms with Crippen molar-refractivity contribution in [2.24, 2.45) is 10.8 Å². The van der Waals surface area contributed by atoms with Crippen molar-refractivity contribution in [1.82, 2.24) is 0 Å². The highest BCUT2D eigenvalue weighted by molar-refractivity contribution is 9.10. The molecular weight excluding hydrogens is 915 g/mol. The summed E-state index contributed by atoms with van der Waals surface area (Å²) in [4.78, 5) is 64.8. The number of hydrogen-bond acceptors (Lipinski definition) is 13. The van der Waals surface area contributed by atoms with Crippen molar-refractivity contribution in [1.29, 1.82) is 21.0 Å². The number of carbonyl (C=O) groups is 4. The first-order chi connectivity index (χ1) is 32.0. The van der Waals surface area contributed by atoms with E-state index in [9.17, 15) is 21.0 Å². The van der Waals surface area contributed by atoms with Crippen LogP contribution in [0.4, 0.5) is 5.69 Å². The fourth-order valence-corrected chi connectivity index (χ4v) is 10.7. The summed E-state index contributed by atoms with van der Waals surface area (Å²) in [5.41, 5.74) is -0.795. The second-order valence-electron chi connectivity index (χ2n) is 17.8. The molecule has 0 bridgehead atoms. The molecule has 2 spiro atoms. The molecule has 2 saturated heterocycles. The summed E-state index contributed by atoms with van der Waals surface area (Å²) in [6, 6.07) is 40.1. The number of nitrogens with zero attached hydrogens (tertiary/aromatic N) is 5. The number of rotatable bonds is 5. The van der Waals surface area contributed by atoms with Crippen molar-refractivity contribution in [3.8, 4) is 24.3 Å². The van der Waals surface area contributed by atoms with Gasteiger partial charge in [-0.2, -0.15) is 21.0 Å². The van der Waals surface area contributed by atoms with E-state index in [1.807, 2.05) is 4.90 Å². The standard InChI is InChI=1S/C53H38BrN5O8/c1-50(2)64-46(60)52(47(61)65-50)40(34-13-5-30(26-55)6-14-34)25-41-42(43(52)35-15-7-31(27-56)8-16-35)44(36-17-9-32(28-57)10-18-36)53(48(62)66-51(3,4)67-49(53)63)45(37-19-11-33(29-58)12-20-37)59(41)39-23-21-38(54)22-24-39/h5-24,40,43-45H,25H2,1-4H3. The molecule has 330 valence electrons. The van der Waals surface area contributed by atoms with Crippen molar-refractivity contribution >= 4 is 45.5 Å². The van der Waals surface area contributed by atoms with Gasteiger partial charge >= 0.3 is 23.9 Å². The Kier molecular flexibility index (Phi) is 10.6. The molecule has 9 rings (SSSR count). The molecular formula is C53H38BrN5O8. The van der Waals surface area contributed by atoms with E-state index in [-0.39, 0.29) is 23.1 Å². The van der Waals surface area contributed by atoms with Crippen LogP contribution in [0.3, 0.4) is 0 Å². The van der Waals surface area contributed by atoms with Gasteiger partial charge in [0.25, 0.3) is 11.6 Å². The molecule has 4 unspecified atom stereocenters. The SMILES string of the molecule is CC1(C)OC(=O)C2(C(=O)O1)C(c1ccc(C#N)cc1)CC1=C(C2c2ccc(C#N)cc2)C(c2ccc(C#N)cc2)C2(C(=O)OC(C)(C)OC2=O)C(c2ccc(C#N)cc2)N1c1ccc(Br)cc1. The minimum absolute atomic E-state index is 0.125. The summed E-state index contributed by atoms with van der Waals surface area (Å²) >= 11 is 3.56. The molecule has 0 amide bonds. The maximum atomic E-state index is 15.8. The number of benzene rings is 5. The summed E-state index contributed by atoms with van der Waals surface area (Å²) in [7, 11) is 0. The Morgan fingerprint density at radius 1 is 0.493 bits per heavy atom. The molecule has 0 aromatic heterocycles. The molecule has 2 fully saturated rings. The molecule has 1 aliphatic carbocycles. The molecule has 0 N–H and O–H groups in total. The van der Waals surface area contributed by atoms with Crippen molar-refractivity contribution in [2.75, 3.05) is 4.90 Å². The first-order valence-electron chi connectivity index (χ1n) is 21.2. The minimum atomic E-state index is -2.42. The second kappa shape index (κ2) is 16.1. The Morgan fingerprint density at radius 2 is 0.836 bits per heavy atom. The van der Waals surface area contributed by atoms with Gasteiger partial charge in [0, 0.05) is 61.3 Å². The third-order valence-corrected chi connectivity index (χ3v) is 13.7. The van der Waals surface area contributed by atoms with Crippen LogP contribution in [0.5, 0.6) is 0 Å². The third kappa shape index (κ3) is 6.92. The number of esters is 4. The summed E-state index contributed by atoms with van der Waals surface area (Å²) in [5.74, 6) is -11.3. The number of anilines is 1. The lowest BCUT2D eigenvalue weighted by Gasteiger charge is -2.61. The van der Waals surface area contributed by atoms with E-state index >= 15 is 19.2 Å². The van der Waals surface area contributed by atoms with Crippen LogP contribution in [0.2, 0.25) is 0 Å². The number of cyclic esters (lactones) is 4. The Hall–Kier alpha value is -8.04. The number of carbonyl (C=O) groups excluding carboxylic acids is 4. The normalized spacial score (nSPS) is 23.0. The topological polar surface area (TPSA) is 204 Å². The summed E-state index contributed by atoms with van der Waals surface area (Å²) in [6.07, 6.45) is -0.125. The number of hydrogen-bond donors (Lipinski definition) is 0. The average molecular weight is 953 g/mol. The third-order valence-electron chi connectivity index (χ3n) is 13.1. The van der Waals surface area contributed by atoms with Gasteiger partial charge in [0.15, 0.2) is 10.8 Å². The average Bonchev–Trinajstić information content (AvgIpc) is 3.31. The van der Waals surface area contributed by atoms with Gasteiger partial charge in [-0.3, -0.25) is 19.2 Å². The lowest BCUT2D eigenvalue weighted by Crippen LogP contribution is -2.67. The Morgan fingerprint density at radius 3 is 1.22 bits per heavy atom. The van der Waals surface area contributed by atoms with Crippen LogP contribution in [0.15, 0.2) is 137 Å². The van der Waals surface area contributed by atoms with Gasteiger partial charge in [-0.25, -0.2) is 0 Å². The first kappa shape index (κ1) is 44.2. The van der Waals surface area contributed by atoms with Crippen molar-refractivity contribution in [2.45, 2.75) is 69.5 Å². The lowest BCUT2D eigenvalue weighted by molar-refractivity contribution is -0.256. The zero-order chi connectivity index (χ0) is 47.6. The van der Waals surface area contributed by atoms with Crippen molar-refractivity contribution in [3.05, 3.63) is 182 Å². The number of halogens is 1. The number of ether oxygens (including phenoxy) is 4. The van der Waals surface area contributed by atoms with Gasteiger partial charge in [-0.15, -0.1) is 0 Å². The van der Waals surface area contributed by atoms with Gasteiger partial charge in [0.2, 0.25) is 0 Å². The molecule has 4 atom stereocenters. The molecule has 0 saturated carbocycles. The summed E-state index contributed by atoms with van der Waals surface area (Å²) < 4.78 is 25.4. The lowest BCUT2D eigenvalue weighted by atomic mass is 9.48. The van der Waals surface area contributed by atoms with Gasteiger partial charge in [0.05, 0.1) is 52.6 Å². The molecule has 3 heterocycles. The highest BCUT2D eigenvalue weighted by atomic mass is 79.9. The van der Waals surface area contributed by atoms with Crippen LogP contribution < -0.4 is 4.90 Å². The maximum Gasteiger partial charge on any atom is 0.330 e. The van der Waals surface area contributed by atoms with Gasteiger partial charge < -0.3 is 23.8 Å². The van der Waals surface area contributed by atoms with Gasteiger partial charge in [-0.1, -0.05) is 64.5 Å².